The molecule has 1 aliphatic rings. The number of thiocarbonyl (C=S) groups is 1. The van der Waals surface area contributed by atoms with Crippen molar-refractivity contribution in [1.29, 1.82) is 0 Å². The van der Waals surface area contributed by atoms with E-state index in [9.17, 15) is 9.59 Å². The predicted molar refractivity (Wildman–Crippen MR) is 103 cm³/mol. The van der Waals surface area contributed by atoms with Crippen molar-refractivity contribution in [2.75, 3.05) is 6.61 Å². The Labute approximate surface area is 147 Å². The highest BCUT2D eigenvalue weighted by atomic mass is 32.2. The van der Waals surface area contributed by atoms with Crippen LogP contribution in [0.1, 0.15) is 25.3 Å². The molecule has 0 radical (unpaired) electrons. The van der Waals surface area contributed by atoms with Crippen LogP contribution in [0.15, 0.2) is 29.8 Å². The van der Waals surface area contributed by atoms with Gasteiger partial charge in [0.05, 0.1) is 0 Å². The second kappa shape index (κ2) is 8.65. The lowest BCUT2D eigenvalue weighted by molar-refractivity contribution is -0.139. The number of allylic oxidation sites excluding steroid dienone is 1. The highest BCUT2D eigenvalue weighted by Crippen LogP contribution is 2.22. The molecule has 0 unspecified atom stereocenters. The van der Waals surface area contributed by atoms with Gasteiger partial charge in [0, 0.05) is 5.56 Å². The molecule has 0 saturated carbocycles. The molecular weight excluding hydrogens is 346 g/mol. The third-order valence-electron chi connectivity index (χ3n) is 3.10. The molecule has 2 rings (SSSR count). The Morgan fingerprint density at radius 1 is 1.42 bits per heavy atom. The molecule has 1 aliphatic heterocycles. The fourth-order valence-corrected chi connectivity index (χ4v) is 3.82. The number of amides is 1. The lowest BCUT2D eigenvalue weighted by Gasteiger charge is -2.11. The maximum absolute atomic E-state index is 11.4. The summed E-state index contributed by atoms with van der Waals surface area (Å²) in [5, 5.41) is 15.0. The SMILES string of the molecule is CCCC(=Cc1ccccc1OCC(=O)O)C=[S-]1=CC(=O)NC1=S. The van der Waals surface area contributed by atoms with E-state index in [1.165, 1.54) is 0 Å². The topological polar surface area (TPSA) is 75.6 Å². The van der Waals surface area contributed by atoms with Crippen LogP contribution in [0.2, 0.25) is 0 Å². The van der Waals surface area contributed by atoms with Crippen LogP contribution in [0.5, 0.6) is 5.75 Å². The first-order valence-electron chi connectivity index (χ1n) is 7.40. The van der Waals surface area contributed by atoms with Gasteiger partial charge in [0.15, 0.2) is 6.61 Å². The minimum absolute atomic E-state index is 0.166. The average molecular weight is 364 g/mol. The van der Waals surface area contributed by atoms with Gasteiger partial charge in [-0.15, -0.1) is 5.37 Å². The van der Waals surface area contributed by atoms with E-state index in [1.54, 1.807) is 17.5 Å². The third kappa shape index (κ3) is 5.21. The van der Waals surface area contributed by atoms with Gasteiger partial charge in [-0.3, -0.25) is 4.79 Å². The number of benzene rings is 1. The molecule has 0 atom stereocenters. The predicted octanol–water partition coefficient (Wildman–Crippen LogP) is 1.97. The summed E-state index contributed by atoms with van der Waals surface area (Å²) >= 11 is 5.18. The van der Waals surface area contributed by atoms with Crippen LogP contribution in [0.4, 0.5) is 0 Å². The Kier molecular flexibility index (Phi) is 6.57. The van der Waals surface area contributed by atoms with Crippen molar-refractivity contribution in [3.8, 4) is 5.75 Å². The van der Waals surface area contributed by atoms with Crippen LogP contribution < -0.4 is 10.1 Å². The minimum atomic E-state index is -1.02. The van der Waals surface area contributed by atoms with Crippen LogP contribution in [0, 0.1) is 0 Å². The van der Waals surface area contributed by atoms with Gasteiger partial charge in [0.2, 0.25) is 5.91 Å². The van der Waals surface area contributed by atoms with Gasteiger partial charge in [-0.25, -0.2) is 4.79 Å². The van der Waals surface area contributed by atoms with E-state index in [1.807, 2.05) is 23.6 Å². The molecule has 0 spiro atoms. The Bertz CT molecular complexity index is 790. The molecule has 0 aliphatic carbocycles. The highest BCUT2D eigenvalue weighted by Gasteiger charge is 2.04. The van der Waals surface area contributed by atoms with Gasteiger partial charge >= 0.3 is 5.97 Å². The zero-order valence-electron chi connectivity index (χ0n) is 13.2. The summed E-state index contributed by atoms with van der Waals surface area (Å²) in [5.41, 5.74) is 1.83. The molecule has 1 heterocycles. The summed E-state index contributed by atoms with van der Waals surface area (Å²) in [4.78, 5) is 22.1. The van der Waals surface area contributed by atoms with Crippen LogP contribution in [0.3, 0.4) is 0 Å². The molecule has 5 nitrogen and oxygen atoms in total. The van der Waals surface area contributed by atoms with E-state index in [-0.39, 0.29) is 5.91 Å². The molecule has 2 N–H and O–H groups in total. The number of nitrogens with one attached hydrogen (secondary N) is 1. The Balaban J connectivity index is 2.36. The van der Waals surface area contributed by atoms with E-state index in [0.717, 1.165) is 24.0 Å². The normalized spacial score (nSPS) is 17.5. The van der Waals surface area contributed by atoms with Gasteiger partial charge in [0.25, 0.3) is 0 Å². The number of ether oxygens (including phenoxy) is 1. The summed E-state index contributed by atoms with van der Waals surface area (Å²) in [5.74, 6) is -0.677. The molecule has 7 heteroatoms. The van der Waals surface area contributed by atoms with Gasteiger partial charge < -0.3 is 25.2 Å². The quantitative estimate of drug-likeness (QED) is 0.440. The summed E-state index contributed by atoms with van der Waals surface area (Å²) < 4.78 is 5.86. The maximum Gasteiger partial charge on any atom is 0.341 e. The number of carboxylic acids is 1. The molecule has 24 heavy (non-hydrogen) atoms. The Morgan fingerprint density at radius 3 is 2.79 bits per heavy atom. The summed E-state index contributed by atoms with van der Waals surface area (Å²) in [6.07, 6.45) is 3.71. The first kappa shape index (κ1) is 18.2. The highest BCUT2D eigenvalue weighted by molar-refractivity contribution is 8.19. The van der Waals surface area contributed by atoms with E-state index in [2.05, 4.69) is 12.2 Å². The average Bonchev–Trinajstić information content (AvgIpc) is 2.84. The fraction of sp³-hybridized carbons (Fsp3) is 0.235. The third-order valence-corrected chi connectivity index (χ3v) is 5.34. The standard InChI is InChI=1S/C17H18NO4S2/c1-2-5-12(10-24-11-15(19)18-17(24)23)8-13-6-3-4-7-14(13)22-9-16(20)21/h3-4,6-8,10-11H,2,5,9H2,1H3,(H,20,21)(H,18,19,23)/q-1. The number of aliphatic carboxylic acids is 1. The second-order valence-corrected chi connectivity index (χ2v) is 7.36. The molecule has 128 valence electrons. The first-order chi connectivity index (χ1) is 11.5. The van der Waals surface area contributed by atoms with E-state index >= 15 is 0 Å². The molecule has 0 bridgehead atoms. The monoisotopic (exact) mass is 364 g/mol. The number of hydrogen-bond donors (Lipinski definition) is 2. The fourth-order valence-electron chi connectivity index (χ4n) is 2.13. The van der Waals surface area contributed by atoms with Gasteiger partial charge in [-0.2, -0.15) is 5.37 Å². The first-order valence-corrected chi connectivity index (χ1v) is 9.16. The largest absolute Gasteiger partial charge is 0.481 e. The van der Waals surface area contributed by atoms with Gasteiger partial charge in [-0.1, -0.05) is 55.4 Å². The number of carboxylic acid groups (broad SMARTS) is 1. The molecule has 0 aromatic heterocycles. The number of hydrogen-bond acceptors (Lipinski definition) is 5. The minimum Gasteiger partial charge on any atom is -0.481 e. The van der Waals surface area contributed by atoms with Crippen molar-refractivity contribution in [3.63, 3.8) is 0 Å². The summed E-state index contributed by atoms with van der Waals surface area (Å²) in [7, 11) is -0.507. The molecular formula is C17H18NO4S2-. The molecule has 1 aromatic carbocycles. The summed E-state index contributed by atoms with van der Waals surface area (Å²) in [6, 6.07) is 7.26. The van der Waals surface area contributed by atoms with Crippen LogP contribution in [-0.2, 0) is 19.7 Å². The van der Waals surface area contributed by atoms with E-state index in [0.29, 0.717) is 10.1 Å². The maximum atomic E-state index is 11.4. The van der Waals surface area contributed by atoms with Crippen LogP contribution in [0.25, 0.3) is 6.08 Å². The van der Waals surface area contributed by atoms with E-state index < -0.39 is 22.6 Å². The number of carbonyl (C=O) groups is 2. The lowest BCUT2D eigenvalue weighted by Crippen LogP contribution is -2.21. The van der Waals surface area contributed by atoms with Crippen LogP contribution in [-0.4, -0.2) is 38.6 Å². The lowest BCUT2D eigenvalue weighted by atomic mass is 10.1. The number of rotatable bonds is 7. The zero-order chi connectivity index (χ0) is 17.5. The number of carbonyl (C=O) groups excluding carboxylic acids is 1. The van der Waals surface area contributed by atoms with Crippen LogP contribution >= 0.6 is 12.2 Å². The van der Waals surface area contributed by atoms with Gasteiger partial charge in [-0.05, 0) is 16.8 Å². The Hall–Kier alpha value is -2.12. The molecule has 0 fully saturated rings. The van der Waals surface area contributed by atoms with Crippen molar-refractivity contribution < 1.29 is 19.4 Å². The number of para-hydroxylation sites is 1. The Morgan fingerprint density at radius 2 is 2.17 bits per heavy atom. The van der Waals surface area contributed by atoms with Crippen molar-refractivity contribution >= 4 is 55.3 Å². The molecule has 1 amide bonds. The summed E-state index contributed by atoms with van der Waals surface area (Å²) in [6.45, 7) is 1.68. The van der Waals surface area contributed by atoms with Crippen molar-refractivity contribution in [3.05, 3.63) is 35.4 Å². The van der Waals surface area contributed by atoms with Gasteiger partial charge in [0.1, 0.15) is 5.75 Å². The zero-order valence-corrected chi connectivity index (χ0v) is 14.8. The molecule has 1 aromatic rings. The van der Waals surface area contributed by atoms with Crippen molar-refractivity contribution in [2.24, 2.45) is 0 Å². The second-order valence-electron chi connectivity index (χ2n) is 5.07. The van der Waals surface area contributed by atoms with E-state index in [4.69, 9.17) is 22.1 Å². The van der Waals surface area contributed by atoms with Crippen molar-refractivity contribution in [2.45, 2.75) is 19.8 Å². The molecule has 0 saturated heterocycles. The van der Waals surface area contributed by atoms with Crippen molar-refractivity contribution in [1.82, 2.24) is 5.32 Å². The smallest absolute Gasteiger partial charge is 0.341 e.